The third kappa shape index (κ3) is 24.7. The predicted octanol–water partition coefficient (Wildman–Crippen LogP) is 4.89. The van der Waals surface area contributed by atoms with E-state index in [0.717, 1.165) is 19.1 Å². The van der Waals surface area contributed by atoms with Gasteiger partial charge in [-0.25, -0.2) is 0 Å². The molecule has 18 heavy (non-hydrogen) atoms. The summed E-state index contributed by atoms with van der Waals surface area (Å²) in [6.45, 7) is 4.61. The van der Waals surface area contributed by atoms with Gasteiger partial charge >= 0.3 is 0 Å². The smallest absolute Gasteiger partial charge is 0.119 e. The van der Waals surface area contributed by atoms with Gasteiger partial charge in [-0.3, -0.25) is 0 Å². The maximum atomic E-state index is 9.40. The minimum Gasteiger partial charge on any atom is -0.396 e. The second-order valence-corrected chi connectivity index (χ2v) is 4.86. The molecule has 0 saturated heterocycles. The fraction of sp³-hybridized carbons (Fsp3) is 0.938. The van der Waals surface area contributed by atoms with Gasteiger partial charge in [-0.2, -0.15) is 0 Å². The van der Waals surface area contributed by atoms with E-state index < -0.39 is 0 Å². The number of unbranched alkanes of at least 4 members (excludes halogenated alkanes) is 10. The Morgan fingerprint density at radius 2 is 1.17 bits per heavy atom. The summed E-state index contributed by atoms with van der Waals surface area (Å²) in [4.78, 5) is 9.40. The zero-order chi connectivity index (χ0) is 13.9. The summed E-state index contributed by atoms with van der Waals surface area (Å²) in [5.41, 5.74) is 0. The zero-order valence-corrected chi connectivity index (χ0v) is 12.6. The van der Waals surface area contributed by atoms with Gasteiger partial charge < -0.3 is 9.90 Å². The number of hydrogen-bond donors (Lipinski definition) is 1. The zero-order valence-electron chi connectivity index (χ0n) is 12.6. The van der Waals surface area contributed by atoms with Gasteiger partial charge in [-0.1, -0.05) is 71.6 Å². The first kappa shape index (κ1) is 20.0. The second-order valence-electron chi connectivity index (χ2n) is 4.86. The lowest BCUT2D eigenvalue weighted by molar-refractivity contribution is -0.107. The van der Waals surface area contributed by atoms with Gasteiger partial charge in [0, 0.05) is 13.0 Å². The van der Waals surface area contributed by atoms with Crippen molar-refractivity contribution in [1.29, 1.82) is 0 Å². The molecule has 1 N–H and O–H groups in total. The molecule has 0 aliphatic rings. The number of aldehydes is 1. The molecular weight excluding hydrogens is 224 g/mol. The van der Waals surface area contributed by atoms with Crippen LogP contribution in [-0.4, -0.2) is 18.0 Å². The number of carbonyl (C=O) groups is 1. The topological polar surface area (TPSA) is 37.3 Å². The summed E-state index contributed by atoms with van der Waals surface area (Å²) in [5.74, 6) is 0. The highest BCUT2D eigenvalue weighted by Crippen LogP contribution is 2.09. The van der Waals surface area contributed by atoms with E-state index in [4.69, 9.17) is 5.11 Å². The number of aliphatic hydroxyl groups excluding tert-OH is 1. The number of aliphatic hydroxyl groups is 1. The first-order valence-electron chi connectivity index (χ1n) is 7.87. The van der Waals surface area contributed by atoms with E-state index in [-0.39, 0.29) is 0 Å². The van der Waals surface area contributed by atoms with E-state index in [1.165, 1.54) is 57.8 Å². The van der Waals surface area contributed by atoms with Crippen LogP contribution in [0.1, 0.15) is 90.9 Å². The Labute approximate surface area is 114 Å². The fourth-order valence-corrected chi connectivity index (χ4v) is 1.72. The van der Waals surface area contributed by atoms with Crippen molar-refractivity contribution >= 4 is 6.29 Å². The minimum absolute atomic E-state index is 0.372. The monoisotopic (exact) mass is 258 g/mol. The Morgan fingerprint density at radius 1 is 0.722 bits per heavy atom. The molecule has 0 unspecified atom stereocenters. The second kappa shape index (κ2) is 21.9. The lowest BCUT2D eigenvalue weighted by atomic mass is 10.1. The van der Waals surface area contributed by atoms with E-state index in [2.05, 4.69) is 6.92 Å². The molecule has 0 spiro atoms. The van der Waals surface area contributed by atoms with E-state index in [0.29, 0.717) is 13.0 Å². The lowest BCUT2D eigenvalue weighted by Crippen LogP contribution is -1.84. The summed E-state index contributed by atoms with van der Waals surface area (Å²) in [6.07, 6.45) is 15.9. The molecule has 0 amide bonds. The molecule has 0 bridgehead atoms. The van der Waals surface area contributed by atoms with E-state index in [9.17, 15) is 4.79 Å². The molecule has 0 aromatic carbocycles. The molecule has 0 rings (SSSR count). The fourth-order valence-electron chi connectivity index (χ4n) is 1.72. The molecule has 0 aliphatic heterocycles. The maximum absolute atomic E-state index is 9.40. The summed E-state index contributed by atoms with van der Waals surface area (Å²) < 4.78 is 0. The molecule has 0 aliphatic carbocycles. The van der Waals surface area contributed by atoms with Crippen LogP contribution in [0.2, 0.25) is 0 Å². The lowest BCUT2D eigenvalue weighted by Gasteiger charge is -2.00. The Morgan fingerprint density at radius 3 is 1.44 bits per heavy atom. The van der Waals surface area contributed by atoms with E-state index in [1.54, 1.807) is 0 Å². The Hall–Kier alpha value is -0.370. The maximum Gasteiger partial charge on any atom is 0.119 e. The molecule has 0 aromatic heterocycles. The molecule has 0 fully saturated rings. The van der Waals surface area contributed by atoms with E-state index >= 15 is 0 Å². The Bertz CT molecular complexity index is 125. The molecule has 110 valence electrons. The number of rotatable bonds is 12. The van der Waals surface area contributed by atoms with Gasteiger partial charge in [0.2, 0.25) is 0 Å². The van der Waals surface area contributed by atoms with Crippen molar-refractivity contribution in [3.05, 3.63) is 0 Å². The van der Waals surface area contributed by atoms with Crippen LogP contribution in [0.3, 0.4) is 0 Å². The molecule has 0 aromatic rings. The average Bonchev–Trinajstić information content (AvgIpc) is 2.39. The molecule has 0 saturated carbocycles. The Balaban J connectivity index is 0. The summed E-state index contributed by atoms with van der Waals surface area (Å²) >= 11 is 0. The molecular formula is C16H34O2. The number of hydrogen-bond acceptors (Lipinski definition) is 2. The largest absolute Gasteiger partial charge is 0.396 e. The van der Waals surface area contributed by atoms with Crippen molar-refractivity contribution in [2.45, 2.75) is 90.9 Å². The van der Waals surface area contributed by atoms with Gasteiger partial charge in [0.1, 0.15) is 6.29 Å². The van der Waals surface area contributed by atoms with Crippen LogP contribution in [-0.2, 0) is 4.79 Å². The standard InChI is InChI=1S/C12H26O.C4H8O/c1-2-3-4-5-6-7-8-9-10-11-12-13;1-2-3-4-5/h13H,2-12H2,1H3;4H,2-3H2,1H3. The normalized spacial score (nSPS) is 9.72. The summed E-state index contributed by atoms with van der Waals surface area (Å²) in [5, 5.41) is 8.57. The predicted molar refractivity (Wildman–Crippen MR) is 79.9 cm³/mol. The molecule has 2 heteroatoms. The van der Waals surface area contributed by atoms with Crippen molar-refractivity contribution in [2.24, 2.45) is 0 Å². The van der Waals surface area contributed by atoms with Gasteiger partial charge in [0.15, 0.2) is 0 Å². The molecule has 2 nitrogen and oxygen atoms in total. The van der Waals surface area contributed by atoms with Gasteiger partial charge in [-0.05, 0) is 12.8 Å². The van der Waals surface area contributed by atoms with Crippen LogP contribution < -0.4 is 0 Å². The SMILES string of the molecule is CCCC=O.CCCCCCCCCCCCO. The van der Waals surface area contributed by atoms with Crippen LogP contribution in [0.25, 0.3) is 0 Å². The highest BCUT2D eigenvalue weighted by molar-refractivity contribution is 5.48. The molecule has 0 heterocycles. The van der Waals surface area contributed by atoms with Crippen molar-refractivity contribution in [3.8, 4) is 0 Å². The van der Waals surface area contributed by atoms with Crippen LogP contribution in [0.4, 0.5) is 0 Å². The quantitative estimate of drug-likeness (QED) is 0.400. The molecule has 0 radical (unpaired) electrons. The summed E-state index contributed by atoms with van der Waals surface area (Å²) in [6, 6.07) is 0. The van der Waals surface area contributed by atoms with Gasteiger partial charge in [-0.15, -0.1) is 0 Å². The Kier molecular flexibility index (Phi) is 24.2. The van der Waals surface area contributed by atoms with Gasteiger partial charge in [0.05, 0.1) is 0 Å². The highest BCUT2D eigenvalue weighted by Gasteiger charge is 1.91. The van der Waals surface area contributed by atoms with Crippen molar-refractivity contribution in [1.82, 2.24) is 0 Å². The third-order valence-corrected chi connectivity index (χ3v) is 2.92. The van der Waals surface area contributed by atoms with Crippen molar-refractivity contribution in [2.75, 3.05) is 6.61 Å². The highest BCUT2D eigenvalue weighted by atomic mass is 16.2. The van der Waals surface area contributed by atoms with Crippen LogP contribution in [0, 0.1) is 0 Å². The van der Waals surface area contributed by atoms with Gasteiger partial charge in [0.25, 0.3) is 0 Å². The summed E-state index contributed by atoms with van der Waals surface area (Å²) in [7, 11) is 0. The molecule has 0 atom stereocenters. The van der Waals surface area contributed by atoms with Crippen molar-refractivity contribution < 1.29 is 9.90 Å². The number of carbonyl (C=O) groups excluding carboxylic acids is 1. The van der Waals surface area contributed by atoms with Crippen LogP contribution in [0.5, 0.6) is 0 Å². The first-order chi connectivity index (χ1) is 8.83. The van der Waals surface area contributed by atoms with Crippen LogP contribution in [0.15, 0.2) is 0 Å². The minimum atomic E-state index is 0.372. The van der Waals surface area contributed by atoms with E-state index in [1.807, 2.05) is 6.92 Å². The van der Waals surface area contributed by atoms with Crippen molar-refractivity contribution in [3.63, 3.8) is 0 Å². The first-order valence-corrected chi connectivity index (χ1v) is 7.87. The average molecular weight is 258 g/mol. The third-order valence-electron chi connectivity index (χ3n) is 2.92. The van der Waals surface area contributed by atoms with Crippen LogP contribution >= 0.6 is 0 Å².